The van der Waals surface area contributed by atoms with E-state index < -0.39 is 23.8 Å². The number of imide groups is 2. The number of hydrogen-bond donors (Lipinski definition) is 3. The molecule has 0 bridgehead atoms. The van der Waals surface area contributed by atoms with Gasteiger partial charge in [0, 0.05) is 17.3 Å². The molecule has 174 valence electrons. The number of rotatable bonds is 18. The smallest absolute Gasteiger partial charge is 0.273 e. The maximum absolute atomic E-state index is 12.7. The maximum atomic E-state index is 12.7. The molecule has 1 saturated heterocycles. The molecule has 30 heavy (non-hydrogen) atoms. The van der Waals surface area contributed by atoms with Gasteiger partial charge >= 0.3 is 6.03 Å². The van der Waals surface area contributed by atoms with E-state index in [-0.39, 0.29) is 59.2 Å². The van der Waals surface area contributed by atoms with E-state index in [1.807, 2.05) is 0 Å². The second kappa shape index (κ2) is 17.0. The van der Waals surface area contributed by atoms with E-state index in [1.54, 1.807) is 0 Å². The largest absolute Gasteiger partial charge is 0.333 e. The van der Waals surface area contributed by atoms with Crippen molar-refractivity contribution in [2.75, 3.05) is 70.0 Å². The Labute approximate surface area is 191 Å². The fourth-order valence-corrected chi connectivity index (χ4v) is 2.59. The third-order valence-electron chi connectivity index (χ3n) is 3.65. The molecule has 1 aliphatic heterocycles. The minimum absolute atomic E-state index is 0.00505. The minimum atomic E-state index is -1.10. The Bertz CT molecular complexity index is 441. The van der Waals surface area contributed by atoms with Gasteiger partial charge in [-0.15, -0.1) is 0 Å². The highest BCUT2D eigenvalue weighted by molar-refractivity contribution is 7.80. The lowest BCUT2D eigenvalue weighted by molar-refractivity contribution is -0.293. The number of nitrogens with zero attached hydrogens (tertiary/aromatic N) is 2. The van der Waals surface area contributed by atoms with Crippen molar-refractivity contribution in [2.45, 2.75) is 6.42 Å². The Morgan fingerprint density at radius 1 is 0.600 bits per heavy atom. The number of amides is 4. The van der Waals surface area contributed by atoms with Crippen molar-refractivity contribution < 1.29 is 43.7 Å². The first kappa shape index (κ1) is 27.5. The SMILES string of the molecule is O=C1C(CCOOCCS)C(=O)N(CCOOCCS)C(=O)N1CCOOCCS. The monoisotopic (exact) mass is 488 g/mol. The normalized spacial score (nSPS) is 15.5. The van der Waals surface area contributed by atoms with Crippen molar-refractivity contribution in [3.63, 3.8) is 0 Å². The van der Waals surface area contributed by atoms with E-state index in [0.29, 0.717) is 17.3 Å². The van der Waals surface area contributed by atoms with E-state index in [1.165, 1.54) is 0 Å². The lowest BCUT2D eigenvalue weighted by Crippen LogP contribution is -2.61. The van der Waals surface area contributed by atoms with Crippen LogP contribution < -0.4 is 0 Å². The van der Waals surface area contributed by atoms with Crippen LogP contribution in [0, 0.1) is 5.92 Å². The summed E-state index contributed by atoms with van der Waals surface area (Å²) in [7, 11) is 0. The second-order valence-electron chi connectivity index (χ2n) is 5.71. The van der Waals surface area contributed by atoms with Crippen molar-refractivity contribution in [1.29, 1.82) is 0 Å². The van der Waals surface area contributed by atoms with E-state index in [4.69, 9.17) is 29.3 Å². The lowest BCUT2D eigenvalue weighted by atomic mass is 10.00. The number of carbonyl (C=O) groups is 3. The summed E-state index contributed by atoms with van der Waals surface area (Å²) < 4.78 is 0. The molecule has 0 unspecified atom stereocenters. The fraction of sp³-hybridized carbons (Fsp3) is 0.812. The zero-order chi connectivity index (χ0) is 22.2. The Morgan fingerprint density at radius 2 is 0.967 bits per heavy atom. The van der Waals surface area contributed by atoms with Crippen molar-refractivity contribution in [2.24, 2.45) is 5.92 Å². The van der Waals surface area contributed by atoms with Gasteiger partial charge in [0.1, 0.15) is 19.1 Å². The molecule has 0 aliphatic carbocycles. The molecular formula is C16H28N2O9S3. The highest BCUT2D eigenvalue weighted by atomic mass is 32.1. The molecule has 0 N–H and O–H groups in total. The maximum Gasteiger partial charge on any atom is 0.333 e. The average Bonchev–Trinajstić information content (AvgIpc) is 2.74. The summed E-state index contributed by atoms with van der Waals surface area (Å²) in [6.45, 7) is 0.495. The first-order valence-corrected chi connectivity index (χ1v) is 11.2. The molecule has 1 aliphatic rings. The topological polar surface area (TPSA) is 113 Å². The molecule has 0 atom stereocenters. The predicted molar refractivity (Wildman–Crippen MR) is 114 cm³/mol. The van der Waals surface area contributed by atoms with Crippen LogP contribution in [0.3, 0.4) is 0 Å². The van der Waals surface area contributed by atoms with E-state index in [9.17, 15) is 14.4 Å². The van der Waals surface area contributed by atoms with Gasteiger partial charge in [0.05, 0.1) is 39.5 Å². The highest BCUT2D eigenvalue weighted by Crippen LogP contribution is 2.21. The molecule has 0 spiro atoms. The summed E-state index contributed by atoms with van der Waals surface area (Å²) in [5.74, 6) is -0.998. The zero-order valence-electron chi connectivity index (χ0n) is 16.5. The molecule has 0 radical (unpaired) electrons. The third kappa shape index (κ3) is 9.70. The summed E-state index contributed by atoms with van der Waals surface area (Å²) in [6.07, 6.45) is 0.0402. The van der Waals surface area contributed by atoms with Gasteiger partial charge in [-0.1, -0.05) is 0 Å². The first-order chi connectivity index (χ1) is 14.6. The van der Waals surface area contributed by atoms with E-state index in [0.717, 1.165) is 9.80 Å². The molecule has 0 aromatic heterocycles. The summed E-state index contributed by atoms with van der Waals surface area (Å²) in [4.78, 5) is 69.3. The molecule has 0 aromatic carbocycles. The van der Waals surface area contributed by atoms with Crippen LogP contribution in [0.25, 0.3) is 0 Å². The molecule has 11 nitrogen and oxygen atoms in total. The Balaban J connectivity index is 2.70. The van der Waals surface area contributed by atoms with Crippen molar-refractivity contribution in [3.8, 4) is 0 Å². The van der Waals surface area contributed by atoms with Crippen molar-refractivity contribution >= 4 is 55.7 Å². The quantitative estimate of drug-likeness (QED) is 0.0830. The van der Waals surface area contributed by atoms with Gasteiger partial charge in [0.25, 0.3) is 0 Å². The number of carbonyl (C=O) groups excluding carboxylic acids is 3. The van der Waals surface area contributed by atoms with E-state index in [2.05, 4.69) is 37.9 Å². The molecule has 4 amide bonds. The van der Waals surface area contributed by atoms with Gasteiger partial charge in [0.15, 0.2) is 0 Å². The van der Waals surface area contributed by atoms with Crippen LogP contribution in [0.1, 0.15) is 6.42 Å². The van der Waals surface area contributed by atoms with Crippen molar-refractivity contribution in [1.82, 2.24) is 9.80 Å². The van der Waals surface area contributed by atoms with Crippen molar-refractivity contribution in [3.05, 3.63) is 0 Å². The average molecular weight is 489 g/mol. The van der Waals surface area contributed by atoms with Crippen LogP contribution in [0.15, 0.2) is 0 Å². The Morgan fingerprint density at radius 3 is 1.37 bits per heavy atom. The summed E-state index contributed by atoms with van der Waals surface area (Å²) in [5, 5.41) is 0. The Hall–Kier alpha value is -0.580. The molecule has 1 fully saturated rings. The number of barbiturate groups is 1. The molecule has 1 heterocycles. The highest BCUT2D eigenvalue weighted by Gasteiger charge is 2.45. The zero-order valence-corrected chi connectivity index (χ0v) is 19.2. The van der Waals surface area contributed by atoms with Gasteiger partial charge < -0.3 is 0 Å². The van der Waals surface area contributed by atoms with Crippen LogP contribution >= 0.6 is 37.9 Å². The summed E-state index contributed by atoms with van der Waals surface area (Å²) in [5.41, 5.74) is 0. The van der Waals surface area contributed by atoms with Gasteiger partial charge in [-0.25, -0.2) is 34.1 Å². The van der Waals surface area contributed by atoms with E-state index >= 15 is 0 Å². The van der Waals surface area contributed by atoms with Crippen LogP contribution in [0.5, 0.6) is 0 Å². The fourth-order valence-electron chi connectivity index (χ4n) is 2.36. The molecule has 1 rings (SSSR count). The van der Waals surface area contributed by atoms with Crippen LogP contribution in [-0.4, -0.2) is 97.6 Å². The molecule has 14 heteroatoms. The predicted octanol–water partition coefficient (Wildman–Crippen LogP) is 0.418. The minimum Gasteiger partial charge on any atom is -0.273 e. The molecule has 0 aromatic rings. The molecule has 0 saturated carbocycles. The number of urea groups is 1. The lowest BCUT2D eigenvalue weighted by Gasteiger charge is -2.36. The van der Waals surface area contributed by atoms with Crippen LogP contribution in [0.4, 0.5) is 4.79 Å². The first-order valence-electron chi connectivity index (χ1n) is 9.31. The third-order valence-corrected chi connectivity index (χ3v) is 4.20. The number of thiol groups is 3. The Kier molecular flexibility index (Phi) is 15.6. The van der Waals surface area contributed by atoms with Gasteiger partial charge in [-0.3, -0.25) is 19.4 Å². The van der Waals surface area contributed by atoms with Gasteiger partial charge in [-0.05, 0) is 6.42 Å². The van der Waals surface area contributed by atoms with Gasteiger partial charge in [0.2, 0.25) is 11.8 Å². The van der Waals surface area contributed by atoms with Crippen LogP contribution in [-0.2, 0) is 38.9 Å². The summed E-state index contributed by atoms with van der Waals surface area (Å²) in [6, 6.07) is -0.760. The van der Waals surface area contributed by atoms with Crippen LogP contribution in [0.2, 0.25) is 0 Å². The molecular weight excluding hydrogens is 460 g/mol. The van der Waals surface area contributed by atoms with Gasteiger partial charge in [-0.2, -0.15) is 37.9 Å². The standard InChI is InChI=1S/C16H28N2O9S3/c19-14-13(1-4-22-25-7-10-28)15(20)18(3-6-24-27-9-12-30)16(21)17(14)2-5-23-26-8-11-29/h13,28-30H,1-12H2. The number of hydrogen-bond acceptors (Lipinski definition) is 12. The summed E-state index contributed by atoms with van der Waals surface area (Å²) >= 11 is 11.9. The second-order valence-corrected chi connectivity index (χ2v) is 7.05.